The third-order valence-corrected chi connectivity index (χ3v) is 0.958. The second-order valence-electron chi connectivity index (χ2n) is 1.92. The van der Waals surface area contributed by atoms with E-state index in [2.05, 4.69) is 23.9 Å². The van der Waals surface area contributed by atoms with E-state index in [0.29, 0.717) is 13.2 Å². The van der Waals surface area contributed by atoms with Crippen molar-refractivity contribution in [3.8, 4) is 0 Å². The van der Waals surface area contributed by atoms with Gasteiger partial charge >= 0.3 is 25.0 Å². The molecule has 1 saturated heterocycles. The third kappa shape index (κ3) is 9.87. The van der Waals surface area contributed by atoms with Crippen LogP contribution >= 0.6 is 0 Å². The molecule has 0 saturated carbocycles. The molecule has 1 rings (SSSR count). The molecule has 1 fully saturated rings. The van der Waals surface area contributed by atoms with E-state index in [-0.39, 0.29) is 25.0 Å². The molecule has 0 aromatic carbocycles. The second-order valence-corrected chi connectivity index (χ2v) is 1.92. The number of hydrogen-bond donors (Lipinski definition) is 1. The standard InChI is InChI=1S/C4H9.C3H5NO2.Li/c1-3-4-2;5-3-4-1-2-6-3;/h1,3-4H2,2H3;1-2H2,(H,4,5);/q-1;;+1. The molecule has 1 amide bonds. The summed E-state index contributed by atoms with van der Waals surface area (Å²) in [4.78, 5) is 9.91. The second kappa shape index (κ2) is 9.87. The molecule has 11 heavy (non-hydrogen) atoms. The molecule has 0 spiro atoms. The summed E-state index contributed by atoms with van der Waals surface area (Å²) in [6.45, 7) is 6.91. The first kappa shape index (κ1) is 13.5. The van der Waals surface area contributed by atoms with Crippen LogP contribution in [0.2, 0.25) is 0 Å². The van der Waals surface area contributed by atoms with Crippen molar-refractivity contribution < 1.29 is 28.4 Å². The van der Waals surface area contributed by atoms with Crippen molar-refractivity contribution in [1.82, 2.24) is 5.32 Å². The number of unbranched alkanes of at least 4 members (excludes halogenated alkanes) is 1. The Bertz CT molecular complexity index is 88.4. The molecule has 0 unspecified atom stereocenters. The van der Waals surface area contributed by atoms with Crippen molar-refractivity contribution in [2.75, 3.05) is 13.2 Å². The van der Waals surface area contributed by atoms with Crippen LogP contribution in [0.5, 0.6) is 0 Å². The van der Waals surface area contributed by atoms with Crippen LogP contribution in [0, 0.1) is 6.92 Å². The average Bonchev–Trinajstić information content (AvgIpc) is 2.40. The van der Waals surface area contributed by atoms with Gasteiger partial charge < -0.3 is 17.0 Å². The van der Waals surface area contributed by atoms with Gasteiger partial charge in [0.1, 0.15) is 6.61 Å². The van der Waals surface area contributed by atoms with Crippen molar-refractivity contribution >= 4 is 6.09 Å². The van der Waals surface area contributed by atoms with Gasteiger partial charge in [0, 0.05) is 0 Å². The number of hydrogen-bond acceptors (Lipinski definition) is 2. The molecular formula is C7H14LiNO2. The molecule has 1 aliphatic rings. The Kier molecular flexibility index (Phi) is 12.1. The minimum Gasteiger partial charge on any atom is -0.448 e. The number of ether oxygens (including phenoxy) is 1. The zero-order chi connectivity index (χ0) is 7.82. The fraction of sp³-hybridized carbons (Fsp3) is 0.714. The largest absolute Gasteiger partial charge is 1.00 e. The van der Waals surface area contributed by atoms with Crippen LogP contribution in [0.15, 0.2) is 0 Å². The molecule has 0 aromatic rings. The van der Waals surface area contributed by atoms with E-state index in [0.717, 1.165) is 6.42 Å². The summed E-state index contributed by atoms with van der Waals surface area (Å²) in [7, 11) is 0. The van der Waals surface area contributed by atoms with Crippen LogP contribution in [0.3, 0.4) is 0 Å². The maximum Gasteiger partial charge on any atom is 1.00 e. The van der Waals surface area contributed by atoms with Gasteiger partial charge in [0.05, 0.1) is 6.54 Å². The fourth-order valence-electron chi connectivity index (χ4n) is 0.348. The monoisotopic (exact) mass is 151 g/mol. The van der Waals surface area contributed by atoms with E-state index in [1.54, 1.807) is 0 Å². The Balaban J connectivity index is 0. The molecule has 1 aliphatic heterocycles. The summed E-state index contributed by atoms with van der Waals surface area (Å²) in [6, 6.07) is 0. The maximum absolute atomic E-state index is 9.91. The molecule has 0 radical (unpaired) electrons. The predicted octanol–water partition coefficient (Wildman–Crippen LogP) is -1.65. The van der Waals surface area contributed by atoms with Crippen molar-refractivity contribution in [3.05, 3.63) is 6.92 Å². The van der Waals surface area contributed by atoms with E-state index in [1.165, 1.54) is 6.42 Å². The van der Waals surface area contributed by atoms with Crippen molar-refractivity contribution in [2.45, 2.75) is 19.8 Å². The molecule has 4 heteroatoms. The van der Waals surface area contributed by atoms with Gasteiger partial charge in [0.2, 0.25) is 0 Å². The van der Waals surface area contributed by atoms with Crippen molar-refractivity contribution in [3.63, 3.8) is 0 Å². The predicted molar refractivity (Wildman–Crippen MR) is 39.6 cm³/mol. The number of carbonyl (C=O) groups is 1. The number of nitrogens with one attached hydrogen (secondary N) is 1. The fourth-order valence-corrected chi connectivity index (χ4v) is 0.348. The molecule has 3 nitrogen and oxygen atoms in total. The summed E-state index contributed by atoms with van der Waals surface area (Å²) in [6.07, 6.45) is 1.98. The van der Waals surface area contributed by atoms with Crippen LogP contribution in [0.1, 0.15) is 19.8 Å². The zero-order valence-electron chi connectivity index (χ0n) is 7.35. The number of cyclic esters (lactones) is 1. The Hall–Kier alpha value is -0.133. The minimum atomic E-state index is -0.296. The first-order valence-electron chi connectivity index (χ1n) is 3.51. The molecular weight excluding hydrogens is 137 g/mol. The first-order valence-corrected chi connectivity index (χ1v) is 3.51. The number of carbonyl (C=O) groups excluding carboxylic acids is 1. The Morgan fingerprint density at radius 3 is 2.36 bits per heavy atom. The normalized spacial score (nSPS) is 13.5. The Labute approximate surface area is 80.1 Å². The SMILES string of the molecule is O=C1NCCO1.[CH2-]CCC.[Li+]. The summed E-state index contributed by atoms with van der Waals surface area (Å²) in [5, 5.41) is 2.46. The van der Waals surface area contributed by atoms with Gasteiger partial charge in [0.15, 0.2) is 0 Å². The molecule has 1 N–H and O–H groups in total. The van der Waals surface area contributed by atoms with E-state index < -0.39 is 0 Å². The maximum atomic E-state index is 9.91. The quantitative estimate of drug-likeness (QED) is 0.360. The van der Waals surface area contributed by atoms with Gasteiger partial charge in [0.25, 0.3) is 0 Å². The summed E-state index contributed by atoms with van der Waals surface area (Å²) in [5.74, 6) is 0. The van der Waals surface area contributed by atoms with Gasteiger partial charge in [-0.05, 0) is 0 Å². The molecule has 0 aliphatic carbocycles. The van der Waals surface area contributed by atoms with Gasteiger partial charge in [-0.25, -0.2) is 4.79 Å². The molecule has 0 atom stereocenters. The van der Waals surface area contributed by atoms with E-state index in [1.807, 2.05) is 0 Å². The third-order valence-electron chi connectivity index (χ3n) is 0.958. The summed E-state index contributed by atoms with van der Waals surface area (Å²) in [5.41, 5.74) is 0. The van der Waals surface area contributed by atoms with Gasteiger partial charge in [-0.15, -0.1) is 0 Å². The molecule has 0 bridgehead atoms. The van der Waals surface area contributed by atoms with Gasteiger partial charge in [-0.3, -0.25) is 0 Å². The van der Waals surface area contributed by atoms with Crippen LogP contribution in [-0.2, 0) is 4.74 Å². The van der Waals surface area contributed by atoms with Crippen LogP contribution in [-0.4, -0.2) is 19.2 Å². The van der Waals surface area contributed by atoms with Crippen LogP contribution in [0.4, 0.5) is 4.79 Å². The smallest absolute Gasteiger partial charge is 0.448 e. The molecule has 60 valence electrons. The summed E-state index contributed by atoms with van der Waals surface area (Å²) >= 11 is 0. The Morgan fingerprint density at radius 1 is 1.73 bits per heavy atom. The number of rotatable bonds is 1. The van der Waals surface area contributed by atoms with Crippen molar-refractivity contribution in [2.24, 2.45) is 0 Å². The van der Waals surface area contributed by atoms with Crippen LogP contribution < -0.4 is 24.2 Å². The van der Waals surface area contributed by atoms with Gasteiger partial charge in [-0.2, -0.15) is 6.42 Å². The Morgan fingerprint density at radius 2 is 2.27 bits per heavy atom. The molecule has 0 aromatic heterocycles. The average molecular weight is 151 g/mol. The van der Waals surface area contributed by atoms with E-state index in [4.69, 9.17) is 0 Å². The minimum absolute atomic E-state index is 0. The topological polar surface area (TPSA) is 38.3 Å². The molecule has 1 heterocycles. The van der Waals surface area contributed by atoms with Gasteiger partial charge in [-0.1, -0.05) is 13.3 Å². The number of amides is 1. The van der Waals surface area contributed by atoms with E-state index in [9.17, 15) is 4.79 Å². The van der Waals surface area contributed by atoms with E-state index >= 15 is 0 Å². The number of alkyl carbamates (subject to hydrolysis) is 1. The van der Waals surface area contributed by atoms with Crippen LogP contribution in [0.25, 0.3) is 0 Å². The van der Waals surface area contributed by atoms with Crippen molar-refractivity contribution in [1.29, 1.82) is 0 Å². The zero-order valence-corrected chi connectivity index (χ0v) is 7.35. The first-order chi connectivity index (χ1) is 4.81. The summed E-state index contributed by atoms with van der Waals surface area (Å²) < 4.78 is 4.40.